The fourth-order valence-electron chi connectivity index (χ4n) is 2.55. The fourth-order valence-corrected chi connectivity index (χ4v) is 2.55. The Hall–Kier alpha value is -3.23. The predicted octanol–water partition coefficient (Wildman–Crippen LogP) is 3.24. The molecular weight excluding hydrogens is 377 g/mol. The van der Waals surface area contributed by atoms with Gasteiger partial charge in [0.2, 0.25) is 5.91 Å². The maximum Gasteiger partial charge on any atom is 0.416 e. The van der Waals surface area contributed by atoms with Crippen LogP contribution in [0.15, 0.2) is 42.5 Å². The number of anilines is 1. The fraction of sp³-hybridized carbons (Fsp3) is 0.263. The molecule has 0 aromatic heterocycles. The average molecular weight is 394 g/mol. The third kappa shape index (κ3) is 4.93. The second-order valence-corrected chi connectivity index (χ2v) is 5.99. The third-order valence-corrected chi connectivity index (χ3v) is 3.94. The molecule has 1 aliphatic heterocycles. The van der Waals surface area contributed by atoms with E-state index in [1.165, 1.54) is 0 Å². The Kier molecular flexibility index (Phi) is 5.72. The molecule has 0 aliphatic carbocycles. The Labute approximate surface area is 158 Å². The molecule has 1 aliphatic rings. The Morgan fingerprint density at radius 2 is 1.64 bits per heavy atom. The van der Waals surface area contributed by atoms with Crippen molar-refractivity contribution in [2.24, 2.45) is 0 Å². The molecule has 2 N–H and O–H groups in total. The van der Waals surface area contributed by atoms with Crippen LogP contribution < -0.4 is 20.1 Å². The molecule has 1 heterocycles. The minimum atomic E-state index is -4.46. The van der Waals surface area contributed by atoms with E-state index in [1.807, 2.05) is 0 Å². The molecule has 0 saturated carbocycles. The standard InChI is InChI=1S/C19H17F3N2O4/c20-19(21,22)13-3-1-12(2-4-13)18(26)23-8-7-17(25)24-14-5-6-15-16(11-14)28-10-9-27-15/h1-6,11H,7-10H2,(H,23,26)(H,24,25). The van der Waals surface area contributed by atoms with Crippen LogP contribution in [-0.4, -0.2) is 31.6 Å². The largest absolute Gasteiger partial charge is 0.486 e. The highest BCUT2D eigenvalue weighted by atomic mass is 19.4. The Balaban J connectivity index is 1.46. The molecule has 2 aromatic rings. The molecule has 9 heteroatoms. The number of benzene rings is 2. The maximum atomic E-state index is 12.5. The summed E-state index contributed by atoms with van der Waals surface area (Å²) < 4.78 is 48.4. The van der Waals surface area contributed by atoms with Crippen LogP contribution in [0.2, 0.25) is 0 Å². The van der Waals surface area contributed by atoms with E-state index in [2.05, 4.69) is 10.6 Å². The van der Waals surface area contributed by atoms with Crippen LogP contribution in [0.1, 0.15) is 22.3 Å². The first-order chi connectivity index (χ1) is 13.3. The van der Waals surface area contributed by atoms with Gasteiger partial charge in [-0.25, -0.2) is 0 Å². The molecule has 0 unspecified atom stereocenters. The first kappa shape index (κ1) is 19.5. The van der Waals surface area contributed by atoms with Gasteiger partial charge in [-0.2, -0.15) is 13.2 Å². The zero-order valence-corrected chi connectivity index (χ0v) is 14.6. The summed E-state index contributed by atoms with van der Waals surface area (Å²) in [6.07, 6.45) is -4.46. The molecule has 0 radical (unpaired) electrons. The van der Waals surface area contributed by atoms with Gasteiger partial charge >= 0.3 is 6.18 Å². The van der Waals surface area contributed by atoms with Crippen molar-refractivity contribution in [3.8, 4) is 11.5 Å². The van der Waals surface area contributed by atoms with Crippen LogP contribution >= 0.6 is 0 Å². The lowest BCUT2D eigenvalue weighted by Gasteiger charge is -2.19. The van der Waals surface area contributed by atoms with E-state index < -0.39 is 17.6 Å². The summed E-state index contributed by atoms with van der Waals surface area (Å²) in [6, 6.07) is 8.86. The van der Waals surface area contributed by atoms with Gasteiger partial charge in [0.25, 0.3) is 5.91 Å². The summed E-state index contributed by atoms with van der Waals surface area (Å²) in [5.74, 6) is 0.262. The molecule has 0 atom stereocenters. The number of ether oxygens (including phenoxy) is 2. The first-order valence-electron chi connectivity index (χ1n) is 8.48. The van der Waals surface area contributed by atoms with Crippen LogP contribution in [-0.2, 0) is 11.0 Å². The number of alkyl halides is 3. The second-order valence-electron chi connectivity index (χ2n) is 5.99. The molecular formula is C19H17F3N2O4. The number of hydrogen-bond donors (Lipinski definition) is 2. The summed E-state index contributed by atoms with van der Waals surface area (Å²) in [4.78, 5) is 23.9. The Morgan fingerprint density at radius 1 is 0.964 bits per heavy atom. The lowest BCUT2D eigenvalue weighted by molar-refractivity contribution is -0.137. The topological polar surface area (TPSA) is 76.7 Å². The molecule has 2 aromatic carbocycles. The van der Waals surface area contributed by atoms with Crippen LogP contribution in [0.3, 0.4) is 0 Å². The van der Waals surface area contributed by atoms with Gasteiger partial charge in [0.15, 0.2) is 11.5 Å². The number of carbonyl (C=O) groups is 2. The van der Waals surface area contributed by atoms with Crippen molar-refractivity contribution in [1.82, 2.24) is 5.32 Å². The quantitative estimate of drug-likeness (QED) is 0.817. The molecule has 6 nitrogen and oxygen atoms in total. The molecule has 0 spiro atoms. The van der Waals surface area contributed by atoms with Crippen LogP contribution in [0.4, 0.5) is 18.9 Å². The monoisotopic (exact) mass is 394 g/mol. The van der Waals surface area contributed by atoms with Crippen molar-refractivity contribution in [2.75, 3.05) is 25.1 Å². The van der Waals surface area contributed by atoms with E-state index in [1.54, 1.807) is 18.2 Å². The van der Waals surface area contributed by atoms with Gasteiger partial charge in [0.05, 0.1) is 5.56 Å². The highest BCUT2D eigenvalue weighted by molar-refractivity contribution is 5.95. The second kappa shape index (κ2) is 8.20. The lowest BCUT2D eigenvalue weighted by Crippen LogP contribution is -2.27. The molecule has 3 rings (SSSR count). The van der Waals surface area contributed by atoms with E-state index in [4.69, 9.17) is 9.47 Å². The maximum absolute atomic E-state index is 12.5. The molecule has 2 amide bonds. The highest BCUT2D eigenvalue weighted by Crippen LogP contribution is 2.32. The minimum absolute atomic E-state index is 0.000810. The number of carbonyl (C=O) groups excluding carboxylic acids is 2. The van der Waals surface area contributed by atoms with Crippen LogP contribution in [0, 0.1) is 0 Å². The van der Waals surface area contributed by atoms with Gasteiger partial charge < -0.3 is 20.1 Å². The van der Waals surface area contributed by atoms with E-state index in [0.29, 0.717) is 30.4 Å². The smallest absolute Gasteiger partial charge is 0.416 e. The molecule has 0 fully saturated rings. The van der Waals surface area contributed by atoms with Crippen LogP contribution in [0.5, 0.6) is 11.5 Å². The van der Waals surface area contributed by atoms with Crippen molar-refractivity contribution < 1.29 is 32.2 Å². The van der Waals surface area contributed by atoms with Crippen molar-refractivity contribution in [3.63, 3.8) is 0 Å². The summed E-state index contributed by atoms with van der Waals surface area (Å²) in [7, 11) is 0. The zero-order chi connectivity index (χ0) is 20.1. The summed E-state index contributed by atoms with van der Waals surface area (Å²) in [6.45, 7) is 0.938. The number of rotatable bonds is 5. The van der Waals surface area contributed by atoms with E-state index >= 15 is 0 Å². The van der Waals surface area contributed by atoms with E-state index in [0.717, 1.165) is 24.3 Å². The minimum Gasteiger partial charge on any atom is -0.486 e. The van der Waals surface area contributed by atoms with Gasteiger partial charge in [-0.3, -0.25) is 9.59 Å². The third-order valence-electron chi connectivity index (χ3n) is 3.94. The van der Waals surface area contributed by atoms with Crippen molar-refractivity contribution >= 4 is 17.5 Å². The summed E-state index contributed by atoms with van der Waals surface area (Å²) in [5.41, 5.74) is -0.216. The van der Waals surface area contributed by atoms with Crippen molar-refractivity contribution in [1.29, 1.82) is 0 Å². The molecule has 28 heavy (non-hydrogen) atoms. The van der Waals surface area contributed by atoms with Crippen molar-refractivity contribution in [2.45, 2.75) is 12.6 Å². The highest BCUT2D eigenvalue weighted by Gasteiger charge is 2.30. The van der Waals surface area contributed by atoms with Gasteiger partial charge in [-0.05, 0) is 36.4 Å². The summed E-state index contributed by atoms with van der Waals surface area (Å²) >= 11 is 0. The van der Waals surface area contributed by atoms with E-state index in [-0.39, 0.29) is 24.4 Å². The predicted molar refractivity (Wildman–Crippen MR) is 94.5 cm³/mol. The number of hydrogen-bond acceptors (Lipinski definition) is 4. The lowest BCUT2D eigenvalue weighted by atomic mass is 10.1. The Bertz CT molecular complexity index is 866. The molecule has 0 saturated heterocycles. The number of fused-ring (bicyclic) bond motifs is 1. The molecule has 148 valence electrons. The number of nitrogens with one attached hydrogen (secondary N) is 2. The average Bonchev–Trinajstić information content (AvgIpc) is 2.67. The molecule has 0 bridgehead atoms. The SMILES string of the molecule is O=C(CCNC(=O)c1ccc(C(F)(F)F)cc1)Nc1ccc2c(c1)OCCO2. The van der Waals surface area contributed by atoms with E-state index in [9.17, 15) is 22.8 Å². The van der Waals surface area contributed by atoms with Crippen LogP contribution in [0.25, 0.3) is 0 Å². The zero-order valence-electron chi connectivity index (χ0n) is 14.6. The van der Waals surface area contributed by atoms with Gasteiger partial charge in [-0.15, -0.1) is 0 Å². The van der Waals surface area contributed by atoms with Gasteiger partial charge in [0, 0.05) is 30.3 Å². The Morgan fingerprint density at radius 3 is 2.32 bits per heavy atom. The first-order valence-corrected chi connectivity index (χ1v) is 8.48. The van der Waals surface area contributed by atoms with Gasteiger partial charge in [-0.1, -0.05) is 0 Å². The number of halogens is 3. The normalized spacial score (nSPS) is 13.0. The van der Waals surface area contributed by atoms with Crippen molar-refractivity contribution in [3.05, 3.63) is 53.6 Å². The summed E-state index contributed by atoms with van der Waals surface area (Å²) in [5, 5.41) is 5.18. The number of amides is 2. The van der Waals surface area contributed by atoms with Gasteiger partial charge in [0.1, 0.15) is 13.2 Å².